The number of hydrogen-bond acceptors (Lipinski definition) is 5. The van der Waals surface area contributed by atoms with Crippen molar-refractivity contribution in [2.75, 3.05) is 13.2 Å². The molecule has 5 nitrogen and oxygen atoms in total. The maximum absolute atomic E-state index is 5.87. The second-order valence-corrected chi connectivity index (χ2v) is 6.94. The molecule has 1 spiro atoms. The van der Waals surface area contributed by atoms with Gasteiger partial charge in [0.15, 0.2) is 5.79 Å². The largest absolute Gasteiger partial charge is 0.474 e. The quantitative estimate of drug-likeness (QED) is 0.905. The number of pyridine rings is 1. The van der Waals surface area contributed by atoms with Crippen LogP contribution in [0.2, 0.25) is 0 Å². The smallest absolute Gasteiger partial charge is 0.213 e. The number of ether oxygens (including phenoxy) is 3. The molecule has 4 rings (SSSR count). The van der Waals surface area contributed by atoms with E-state index in [-0.39, 0.29) is 5.79 Å². The Labute approximate surface area is 137 Å². The summed E-state index contributed by atoms with van der Waals surface area (Å²) in [5.41, 5.74) is 1.24. The normalized spacial score (nSPS) is 24.7. The van der Waals surface area contributed by atoms with Gasteiger partial charge in [-0.2, -0.15) is 0 Å². The molecule has 0 aromatic carbocycles. The lowest BCUT2D eigenvalue weighted by Crippen LogP contribution is -2.41. The van der Waals surface area contributed by atoms with Crippen molar-refractivity contribution in [1.82, 2.24) is 10.3 Å². The standard InChI is InChI=1S/C18H26N2O3/c1-2-16(3-1)23-17-12-14(6-9-19-17)13-20-15-4-7-18(8-5-15)21-10-11-22-18/h6,9,12,15-16,20H,1-5,7-8,10-11,13H2. The summed E-state index contributed by atoms with van der Waals surface area (Å²) in [6.07, 6.45) is 10.0. The van der Waals surface area contributed by atoms with E-state index in [1.165, 1.54) is 12.0 Å². The molecule has 1 N–H and O–H groups in total. The molecule has 1 aliphatic heterocycles. The van der Waals surface area contributed by atoms with Gasteiger partial charge in [-0.1, -0.05) is 0 Å². The number of aromatic nitrogens is 1. The Kier molecular flexibility index (Phi) is 4.51. The van der Waals surface area contributed by atoms with E-state index >= 15 is 0 Å². The van der Waals surface area contributed by atoms with Crippen LogP contribution in [0.25, 0.3) is 0 Å². The average Bonchev–Trinajstić information content (AvgIpc) is 2.99. The molecule has 3 fully saturated rings. The van der Waals surface area contributed by atoms with Crippen LogP contribution in [-0.4, -0.2) is 36.1 Å². The molecule has 1 aromatic rings. The van der Waals surface area contributed by atoms with Crippen molar-refractivity contribution in [3.05, 3.63) is 23.9 Å². The topological polar surface area (TPSA) is 52.6 Å². The predicted octanol–water partition coefficient (Wildman–Crippen LogP) is 2.79. The van der Waals surface area contributed by atoms with Crippen LogP contribution >= 0.6 is 0 Å². The molecule has 0 unspecified atom stereocenters. The van der Waals surface area contributed by atoms with Gasteiger partial charge in [0, 0.05) is 37.7 Å². The Balaban J connectivity index is 1.25. The Morgan fingerprint density at radius 1 is 1.17 bits per heavy atom. The predicted molar refractivity (Wildman–Crippen MR) is 86.2 cm³/mol. The van der Waals surface area contributed by atoms with Crippen molar-refractivity contribution >= 4 is 0 Å². The van der Waals surface area contributed by atoms with Crippen LogP contribution in [0.3, 0.4) is 0 Å². The van der Waals surface area contributed by atoms with Crippen molar-refractivity contribution in [2.45, 2.75) is 69.4 Å². The molecule has 3 aliphatic rings. The highest BCUT2D eigenvalue weighted by atomic mass is 16.7. The third-order valence-corrected chi connectivity index (χ3v) is 5.29. The minimum Gasteiger partial charge on any atom is -0.474 e. The molecule has 0 bridgehead atoms. The molecule has 23 heavy (non-hydrogen) atoms. The fourth-order valence-corrected chi connectivity index (χ4v) is 3.59. The lowest BCUT2D eigenvalue weighted by Gasteiger charge is -2.35. The fourth-order valence-electron chi connectivity index (χ4n) is 3.59. The summed E-state index contributed by atoms with van der Waals surface area (Å²) in [4.78, 5) is 4.32. The van der Waals surface area contributed by atoms with Crippen LogP contribution in [0.1, 0.15) is 50.5 Å². The first-order valence-electron chi connectivity index (χ1n) is 8.94. The van der Waals surface area contributed by atoms with Crippen LogP contribution < -0.4 is 10.1 Å². The summed E-state index contributed by atoms with van der Waals surface area (Å²) in [7, 11) is 0. The van der Waals surface area contributed by atoms with Gasteiger partial charge in [-0.15, -0.1) is 0 Å². The summed E-state index contributed by atoms with van der Waals surface area (Å²) >= 11 is 0. The van der Waals surface area contributed by atoms with Gasteiger partial charge in [0.25, 0.3) is 0 Å². The van der Waals surface area contributed by atoms with E-state index in [1.54, 1.807) is 0 Å². The Morgan fingerprint density at radius 3 is 2.65 bits per heavy atom. The molecule has 5 heteroatoms. The summed E-state index contributed by atoms with van der Waals surface area (Å²) in [5, 5.41) is 3.66. The molecular weight excluding hydrogens is 292 g/mol. The van der Waals surface area contributed by atoms with E-state index in [1.807, 2.05) is 6.20 Å². The number of nitrogens with one attached hydrogen (secondary N) is 1. The van der Waals surface area contributed by atoms with Crippen molar-refractivity contribution in [3.63, 3.8) is 0 Å². The molecule has 2 saturated carbocycles. The minimum absolute atomic E-state index is 0.265. The van der Waals surface area contributed by atoms with Crippen molar-refractivity contribution in [3.8, 4) is 5.88 Å². The maximum Gasteiger partial charge on any atom is 0.213 e. The van der Waals surface area contributed by atoms with Crippen LogP contribution in [0, 0.1) is 0 Å². The molecule has 2 heterocycles. The Morgan fingerprint density at radius 2 is 1.96 bits per heavy atom. The zero-order chi connectivity index (χ0) is 15.5. The molecule has 0 atom stereocenters. The lowest BCUT2D eigenvalue weighted by molar-refractivity contribution is -0.179. The lowest BCUT2D eigenvalue weighted by atomic mass is 9.90. The molecule has 0 amide bonds. The minimum atomic E-state index is -0.265. The molecule has 0 radical (unpaired) electrons. The van der Waals surface area contributed by atoms with E-state index in [2.05, 4.69) is 22.4 Å². The third-order valence-electron chi connectivity index (χ3n) is 5.29. The first-order valence-corrected chi connectivity index (χ1v) is 8.94. The van der Waals surface area contributed by atoms with Gasteiger partial charge < -0.3 is 19.5 Å². The Hall–Kier alpha value is -1.17. The van der Waals surface area contributed by atoms with Crippen molar-refractivity contribution in [1.29, 1.82) is 0 Å². The van der Waals surface area contributed by atoms with Gasteiger partial charge in [-0.3, -0.25) is 0 Å². The van der Waals surface area contributed by atoms with Crippen LogP contribution in [0.5, 0.6) is 5.88 Å². The highest BCUT2D eigenvalue weighted by Crippen LogP contribution is 2.35. The number of hydrogen-bond donors (Lipinski definition) is 1. The first-order chi connectivity index (χ1) is 11.3. The van der Waals surface area contributed by atoms with Gasteiger partial charge in [0.05, 0.1) is 13.2 Å². The zero-order valence-electron chi connectivity index (χ0n) is 13.6. The van der Waals surface area contributed by atoms with Gasteiger partial charge in [0.1, 0.15) is 6.10 Å². The maximum atomic E-state index is 5.87. The summed E-state index contributed by atoms with van der Waals surface area (Å²) in [5.74, 6) is 0.503. The van der Waals surface area contributed by atoms with E-state index in [0.717, 1.165) is 64.2 Å². The van der Waals surface area contributed by atoms with Gasteiger partial charge >= 0.3 is 0 Å². The third kappa shape index (κ3) is 3.67. The van der Waals surface area contributed by atoms with Crippen molar-refractivity contribution < 1.29 is 14.2 Å². The number of nitrogens with zero attached hydrogens (tertiary/aromatic N) is 1. The SMILES string of the molecule is c1cc(CNC2CCC3(CC2)OCCO3)cc(OC2CCC2)n1. The molecule has 2 aliphatic carbocycles. The summed E-state index contributed by atoms with van der Waals surface area (Å²) < 4.78 is 17.4. The van der Waals surface area contributed by atoms with E-state index in [9.17, 15) is 0 Å². The average molecular weight is 318 g/mol. The van der Waals surface area contributed by atoms with Crippen LogP contribution in [0.4, 0.5) is 0 Å². The zero-order valence-corrected chi connectivity index (χ0v) is 13.6. The van der Waals surface area contributed by atoms with E-state index in [4.69, 9.17) is 14.2 Å². The van der Waals surface area contributed by atoms with Crippen LogP contribution in [-0.2, 0) is 16.0 Å². The second kappa shape index (κ2) is 6.75. The monoisotopic (exact) mass is 318 g/mol. The summed E-state index contributed by atoms with van der Waals surface area (Å²) in [6, 6.07) is 4.67. The highest BCUT2D eigenvalue weighted by molar-refractivity contribution is 5.20. The Bertz CT molecular complexity index is 517. The second-order valence-electron chi connectivity index (χ2n) is 6.94. The van der Waals surface area contributed by atoms with E-state index in [0.29, 0.717) is 12.1 Å². The number of rotatable bonds is 5. The summed E-state index contributed by atoms with van der Waals surface area (Å²) in [6.45, 7) is 2.36. The van der Waals surface area contributed by atoms with Crippen molar-refractivity contribution in [2.24, 2.45) is 0 Å². The van der Waals surface area contributed by atoms with E-state index < -0.39 is 0 Å². The van der Waals surface area contributed by atoms with Gasteiger partial charge in [-0.25, -0.2) is 4.98 Å². The highest BCUT2D eigenvalue weighted by Gasteiger charge is 2.40. The molecule has 1 saturated heterocycles. The fraction of sp³-hybridized carbons (Fsp3) is 0.722. The first kappa shape index (κ1) is 15.4. The van der Waals surface area contributed by atoms with Gasteiger partial charge in [-0.05, 0) is 43.7 Å². The van der Waals surface area contributed by atoms with Gasteiger partial charge in [0.2, 0.25) is 5.88 Å². The molecule has 126 valence electrons. The molecular formula is C18H26N2O3. The van der Waals surface area contributed by atoms with Crippen LogP contribution in [0.15, 0.2) is 18.3 Å². The molecule has 1 aromatic heterocycles.